The zero-order chi connectivity index (χ0) is 13.3. The number of hydrogen-bond acceptors (Lipinski definition) is 4. The summed E-state index contributed by atoms with van der Waals surface area (Å²) in [5, 5.41) is 0.835. The Morgan fingerprint density at radius 3 is 2.67 bits per heavy atom. The molecule has 4 heteroatoms. The summed E-state index contributed by atoms with van der Waals surface area (Å²) in [6.45, 7) is 5.30. The van der Waals surface area contributed by atoms with Crippen molar-refractivity contribution < 1.29 is 13.9 Å². The lowest BCUT2D eigenvalue weighted by molar-refractivity contribution is -0.142. The van der Waals surface area contributed by atoms with Crippen molar-refractivity contribution in [3.63, 3.8) is 0 Å². The van der Waals surface area contributed by atoms with Crippen LogP contribution in [0.1, 0.15) is 23.6 Å². The Morgan fingerprint density at radius 1 is 1.28 bits per heavy atom. The maximum absolute atomic E-state index is 11.5. The van der Waals surface area contributed by atoms with Crippen LogP contribution in [0.15, 0.2) is 27.4 Å². The molecule has 18 heavy (non-hydrogen) atoms. The Hall–Kier alpha value is -2.10. The van der Waals surface area contributed by atoms with Gasteiger partial charge in [-0.25, -0.2) is 4.79 Å². The van der Waals surface area contributed by atoms with Gasteiger partial charge in [-0.1, -0.05) is 6.07 Å². The maximum atomic E-state index is 11.5. The number of aryl methyl sites for hydroxylation is 2. The van der Waals surface area contributed by atoms with E-state index in [4.69, 9.17) is 9.15 Å². The number of ether oxygens (including phenoxy) is 1. The van der Waals surface area contributed by atoms with Gasteiger partial charge in [0.1, 0.15) is 12.2 Å². The molecule has 0 unspecified atom stereocenters. The predicted octanol–water partition coefficient (Wildman–Crippen LogP) is 2.47. The molecule has 1 aromatic carbocycles. The number of fused-ring (bicyclic) bond motifs is 1. The average Bonchev–Trinajstić information content (AvgIpc) is 2.24. The minimum atomic E-state index is -0.436. The molecule has 0 saturated heterocycles. The molecular formula is C14H14O4. The molecule has 2 rings (SSSR count). The number of carbonyl (C=O) groups is 1. The first-order valence-electron chi connectivity index (χ1n) is 5.64. The molecule has 0 radical (unpaired) electrons. The summed E-state index contributed by atoms with van der Waals surface area (Å²) in [6.07, 6.45) is 0. The minimum Gasteiger partial charge on any atom is -0.461 e. The number of hydrogen-bond donors (Lipinski definition) is 0. The van der Waals surface area contributed by atoms with Gasteiger partial charge in [0.15, 0.2) is 0 Å². The largest absolute Gasteiger partial charge is 0.461 e. The molecule has 0 atom stereocenters. The maximum Gasteiger partial charge on any atom is 0.336 e. The van der Waals surface area contributed by atoms with Gasteiger partial charge in [-0.15, -0.1) is 0 Å². The fraction of sp³-hybridized carbons (Fsp3) is 0.286. The highest BCUT2D eigenvalue weighted by molar-refractivity contribution is 5.84. The summed E-state index contributed by atoms with van der Waals surface area (Å²) in [4.78, 5) is 22.3. The summed E-state index contributed by atoms with van der Waals surface area (Å²) in [6, 6.07) is 5.17. The van der Waals surface area contributed by atoms with Crippen molar-refractivity contribution in [1.29, 1.82) is 0 Å². The van der Waals surface area contributed by atoms with Crippen molar-refractivity contribution in [1.82, 2.24) is 0 Å². The summed E-state index contributed by atoms with van der Waals surface area (Å²) in [5.41, 5.74) is 2.79. The first-order valence-corrected chi connectivity index (χ1v) is 5.64. The molecule has 1 heterocycles. The monoisotopic (exact) mass is 246 g/mol. The van der Waals surface area contributed by atoms with Gasteiger partial charge >= 0.3 is 11.6 Å². The molecule has 0 aliphatic rings. The van der Waals surface area contributed by atoms with E-state index in [0.717, 1.165) is 16.5 Å². The van der Waals surface area contributed by atoms with Gasteiger partial charge in [-0.2, -0.15) is 0 Å². The van der Waals surface area contributed by atoms with Crippen molar-refractivity contribution in [3.05, 3.63) is 45.3 Å². The zero-order valence-electron chi connectivity index (χ0n) is 10.6. The van der Waals surface area contributed by atoms with Crippen LogP contribution in [-0.2, 0) is 16.1 Å². The van der Waals surface area contributed by atoms with Gasteiger partial charge in [-0.3, -0.25) is 4.79 Å². The number of benzene rings is 1. The molecule has 0 bridgehead atoms. The van der Waals surface area contributed by atoms with Crippen LogP contribution in [0, 0.1) is 13.8 Å². The molecule has 0 saturated carbocycles. The van der Waals surface area contributed by atoms with Crippen LogP contribution in [-0.4, -0.2) is 5.97 Å². The fourth-order valence-electron chi connectivity index (χ4n) is 2.07. The third-order valence-corrected chi connectivity index (χ3v) is 2.70. The van der Waals surface area contributed by atoms with E-state index in [1.54, 1.807) is 6.07 Å². The Labute approximate surface area is 104 Å². The van der Waals surface area contributed by atoms with Crippen molar-refractivity contribution in [2.45, 2.75) is 27.4 Å². The van der Waals surface area contributed by atoms with E-state index in [-0.39, 0.29) is 12.6 Å². The van der Waals surface area contributed by atoms with E-state index in [1.807, 2.05) is 19.9 Å². The van der Waals surface area contributed by atoms with Crippen LogP contribution in [0.5, 0.6) is 0 Å². The van der Waals surface area contributed by atoms with Gasteiger partial charge in [0.2, 0.25) is 0 Å². The SMILES string of the molecule is CC(=O)OCc1cc(=O)oc2cc(C)cc(C)c12. The lowest BCUT2D eigenvalue weighted by Crippen LogP contribution is -2.05. The van der Waals surface area contributed by atoms with E-state index in [0.29, 0.717) is 11.1 Å². The average molecular weight is 246 g/mol. The van der Waals surface area contributed by atoms with E-state index >= 15 is 0 Å². The van der Waals surface area contributed by atoms with Crippen LogP contribution >= 0.6 is 0 Å². The molecule has 0 N–H and O–H groups in total. The van der Waals surface area contributed by atoms with Crippen LogP contribution in [0.25, 0.3) is 11.0 Å². The van der Waals surface area contributed by atoms with Crippen molar-refractivity contribution in [3.8, 4) is 0 Å². The van der Waals surface area contributed by atoms with E-state index in [2.05, 4.69) is 0 Å². The molecule has 1 aromatic heterocycles. The quantitative estimate of drug-likeness (QED) is 0.603. The zero-order valence-corrected chi connectivity index (χ0v) is 10.6. The third-order valence-electron chi connectivity index (χ3n) is 2.70. The second-order valence-electron chi connectivity index (χ2n) is 4.33. The highest BCUT2D eigenvalue weighted by Crippen LogP contribution is 2.23. The van der Waals surface area contributed by atoms with Gasteiger partial charge < -0.3 is 9.15 Å². The van der Waals surface area contributed by atoms with Crippen molar-refractivity contribution in [2.75, 3.05) is 0 Å². The highest BCUT2D eigenvalue weighted by Gasteiger charge is 2.10. The van der Waals surface area contributed by atoms with E-state index < -0.39 is 5.63 Å². The normalized spacial score (nSPS) is 10.6. The second kappa shape index (κ2) is 4.64. The third kappa shape index (κ3) is 2.42. The van der Waals surface area contributed by atoms with Crippen molar-refractivity contribution in [2.24, 2.45) is 0 Å². The predicted molar refractivity (Wildman–Crippen MR) is 67.4 cm³/mol. The fourth-order valence-corrected chi connectivity index (χ4v) is 2.07. The summed E-state index contributed by atoms with van der Waals surface area (Å²) in [7, 11) is 0. The summed E-state index contributed by atoms with van der Waals surface area (Å²) in [5.74, 6) is -0.374. The molecule has 0 aliphatic carbocycles. The minimum absolute atomic E-state index is 0.0847. The molecule has 2 aromatic rings. The Balaban J connectivity index is 2.64. The number of rotatable bonds is 2. The molecule has 0 fully saturated rings. The second-order valence-corrected chi connectivity index (χ2v) is 4.33. The van der Waals surface area contributed by atoms with Crippen LogP contribution < -0.4 is 5.63 Å². The number of esters is 1. The first-order chi connectivity index (χ1) is 8.47. The Bertz CT molecular complexity index is 667. The topological polar surface area (TPSA) is 56.5 Å². The van der Waals surface area contributed by atoms with Gasteiger partial charge in [0.05, 0.1) is 0 Å². The lowest BCUT2D eigenvalue weighted by atomic mass is 10.0. The van der Waals surface area contributed by atoms with Crippen molar-refractivity contribution >= 4 is 16.9 Å². The van der Waals surface area contributed by atoms with E-state index in [1.165, 1.54) is 13.0 Å². The number of carbonyl (C=O) groups excluding carboxylic acids is 1. The standard InChI is InChI=1S/C14H14O4/c1-8-4-9(2)14-11(7-17-10(3)15)6-13(16)18-12(14)5-8/h4-6H,7H2,1-3H3. The first kappa shape index (κ1) is 12.4. The summed E-state index contributed by atoms with van der Waals surface area (Å²) >= 11 is 0. The molecule has 4 nitrogen and oxygen atoms in total. The van der Waals surface area contributed by atoms with Crippen LogP contribution in [0.2, 0.25) is 0 Å². The highest BCUT2D eigenvalue weighted by atomic mass is 16.5. The van der Waals surface area contributed by atoms with Gasteiger partial charge in [-0.05, 0) is 31.0 Å². The molecule has 0 amide bonds. The summed E-state index contributed by atoms with van der Waals surface area (Å²) < 4.78 is 10.1. The van der Waals surface area contributed by atoms with Gasteiger partial charge in [0, 0.05) is 23.9 Å². The van der Waals surface area contributed by atoms with Gasteiger partial charge in [0.25, 0.3) is 0 Å². The van der Waals surface area contributed by atoms with E-state index in [9.17, 15) is 9.59 Å². The molecular weight excluding hydrogens is 232 g/mol. The smallest absolute Gasteiger partial charge is 0.336 e. The molecule has 94 valence electrons. The van der Waals surface area contributed by atoms with Crippen LogP contribution in [0.4, 0.5) is 0 Å². The lowest BCUT2D eigenvalue weighted by Gasteiger charge is -2.09. The Morgan fingerprint density at radius 2 is 2.00 bits per heavy atom. The molecule has 0 spiro atoms. The Kier molecular flexibility index (Phi) is 3.19. The molecule has 0 aliphatic heterocycles. The van der Waals surface area contributed by atoms with Crippen LogP contribution in [0.3, 0.4) is 0 Å².